The Balaban J connectivity index is 1.59. The van der Waals surface area contributed by atoms with Crippen LogP contribution >= 0.6 is 11.9 Å². The van der Waals surface area contributed by atoms with Gasteiger partial charge in [-0.1, -0.05) is 18.5 Å². The van der Waals surface area contributed by atoms with Crippen LogP contribution in [0.15, 0.2) is 31.0 Å². The first-order valence-electron chi connectivity index (χ1n) is 12.6. The predicted molar refractivity (Wildman–Crippen MR) is 150 cm³/mol. The first-order valence-corrected chi connectivity index (χ1v) is 13.8. The van der Waals surface area contributed by atoms with Gasteiger partial charge in [0.15, 0.2) is 0 Å². The van der Waals surface area contributed by atoms with E-state index in [0.717, 1.165) is 50.8 Å². The number of carbonyl (C=O) groups excluding carboxylic acids is 1. The van der Waals surface area contributed by atoms with Gasteiger partial charge in [-0.05, 0) is 51.8 Å². The first-order chi connectivity index (χ1) is 18.3. The largest absolute Gasteiger partial charge is 0.494 e. The molecule has 0 spiro atoms. The number of rotatable bonds is 10. The van der Waals surface area contributed by atoms with Gasteiger partial charge in [0.25, 0.3) is 5.88 Å². The maximum atomic E-state index is 14.5. The molecular formula is C26H36FN7O3S. The second kappa shape index (κ2) is 12.6. The normalized spacial score (nSPS) is 18.5. The number of halogens is 1. The number of carbonyl (C=O) groups is 1. The number of benzene rings is 1. The van der Waals surface area contributed by atoms with E-state index in [1.165, 1.54) is 6.08 Å². The minimum atomic E-state index is -0.625. The monoisotopic (exact) mass is 545 g/mol. The average molecular weight is 546 g/mol. The summed E-state index contributed by atoms with van der Waals surface area (Å²) in [5.74, 6) is -0.362. The molecule has 0 bridgehead atoms. The molecule has 0 aliphatic carbocycles. The van der Waals surface area contributed by atoms with Crippen LogP contribution in [-0.2, 0) is 4.79 Å². The van der Waals surface area contributed by atoms with Gasteiger partial charge in [-0.3, -0.25) is 4.79 Å². The van der Waals surface area contributed by atoms with Gasteiger partial charge < -0.3 is 29.9 Å². The Morgan fingerprint density at radius 3 is 2.63 bits per heavy atom. The van der Waals surface area contributed by atoms with Crippen LogP contribution in [0.1, 0.15) is 19.3 Å². The molecule has 206 valence electrons. The molecule has 12 heteroatoms. The summed E-state index contributed by atoms with van der Waals surface area (Å²) < 4.78 is 28.2. The van der Waals surface area contributed by atoms with Crippen LogP contribution in [-0.4, -0.2) is 90.9 Å². The molecule has 0 saturated carbocycles. The van der Waals surface area contributed by atoms with E-state index in [4.69, 9.17) is 9.47 Å². The Bertz CT molecular complexity index is 1140. The third-order valence-electron chi connectivity index (χ3n) is 6.90. The van der Waals surface area contributed by atoms with E-state index in [0.29, 0.717) is 29.7 Å². The molecule has 2 aliphatic rings. The van der Waals surface area contributed by atoms with Crippen molar-refractivity contribution in [3.8, 4) is 11.6 Å². The number of hydrogen-bond donors (Lipinski definition) is 2. The molecule has 0 unspecified atom stereocenters. The van der Waals surface area contributed by atoms with E-state index < -0.39 is 5.82 Å². The van der Waals surface area contributed by atoms with Gasteiger partial charge in [-0.15, -0.1) is 0 Å². The number of anilines is 4. The van der Waals surface area contributed by atoms with Gasteiger partial charge in [-0.2, -0.15) is 9.37 Å². The minimum Gasteiger partial charge on any atom is -0.494 e. The zero-order chi connectivity index (χ0) is 27.2. The van der Waals surface area contributed by atoms with Crippen LogP contribution in [0, 0.1) is 5.82 Å². The van der Waals surface area contributed by atoms with Crippen molar-refractivity contribution in [2.24, 2.45) is 0 Å². The quantitative estimate of drug-likeness (QED) is 0.340. The van der Waals surface area contributed by atoms with Gasteiger partial charge in [0.05, 0.1) is 30.4 Å². The maximum absolute atomic E-state index is 14.5. The summed E-state index contributed by atoms with van der Waals surface area (Å²) in [6, 6.07) is 4.17. The molecule has 1 atom stereocenters. The molecule has 0 radical (unpaired) electrons. The summed E-state index contributed by atoms with van der Waals surface area (Å²) in [7, 11) is 5.77. The molecule has 2 N–H and O–H groups in total. The molecule has 2 aliphatic heterocycles. The predicted octanol–water partition coefficient (Wildman–Crippen LogP) is 3.75. The lowest BCUT2D eigenvalue weighted by Crippen LogP contribution is -2.42. The molecule has 1 amide bonds. The number of nitrogens with one attached hydrogen (secondary N) is 2. The smallest absolute Gasteiger partial charge is 0.255 e. The SMILES string of the molecule is C=CC(=O)Nc1cc(Nc2ncc(F)c(O[C@H]3CCN(SC)C3)n2)c(OC)cc1N1CCC(N(C)C)CC1. The fraction of sp³-hybridized carbons (Fsp3) is 0.500. The number of aromatic nitrogens is 2. The Kier molecular flexibility index (Phi) is 9.29. The van der Waals surface area contributed by atoms with Crippen LogP contribution in [0.5, 0.6) is 11.6 Å². The summed E-state index contributed by atoms with van der Waals surface area (Å²) >= 11 is 1.64. The molecule has 2 saturated heterocycles. The van der Waals surface area contributed by atoms with Gasteiger partial charge in [-0.25, -0.2) is 9.29 Å². The van der Waals surface area contributed by atoms with E-state index >= 15 is 0 Å². The fourth-order valence-electron chi connectivity index (χ4n) is 4.74. The zero-order valence-corrected chi connectivity index (χ0v) is 23.2. The summed E-state index contributed by atoms with van der Waals surface area (Å²) in [6.07, 6.45) is 6.98. The Hall–Kier alpha value is -3.09. The lowest BCUT2D eigenvalue weighted by molar-refractivity contribution is -0.111. The second-order valence-corrected chi connectivity index (χ2v) is 10.4. The minimum absolute atomic E-state index is 0.102. The van der Waals surface area contributed by atoms with E-state index in [1.807, 2.05) is 12.3 Å². The fourth-order valence-corrected chi connectivity index (χ4v) is 5.34. The Morgan fingerprint density at radius 2 is 2.00 bits per heavy atom. The highest BCUT2D eigenvalue weighted by molar-refractivity contribution is 7.96. The molecule has 2 fully saturated rings. The van der Waals surface area contributed by atoms with Crippen molar-refractivity contribution in [1.29, 1.82) is 0 Å². The third kappa shape index (κ3) is 6.66. The molecule has 10 nitrogen and oxygen atoms in total. The second-order valence-electron chi connectivity index (χ2n) is 9.52. The van der Waals surface area contributed by atoms with Crippen molar-refractivity contribution in [1.82, 2.24) is 19.2 Å². The lowest BCUT2D eigenvalue weighted by atomic mass is 10.0. The summed E-state index contributed by atoms with van der Waals surface area (Å²) in [4.78, 5) is 25.1. The van der Waals surface area contributed by atoms with Gasteiger partial charge in [0.2, 0.25) is 17.7 Å². The molecule has 38 heavy (non-hydrogen) atoms. The van der Waals surface area contributed by atoms with E-state index in [9.17, 15) is 9.18 Å². The zero-order valence-electron chi connectivity index (χ0n) is 22.4. The van der Waals surface area contributed by atoms with Crippen molar-refractivity contribution in [3.05, 3.63) is 36.8 Å². The lowest BCUT2D eigenvalue weighted by Gasteiger charge is -2.37. The van der Waals surface area contributed by atoms with Crippen LogP contribution in [0.4, 0.5) is 27.4 Å². The molecule has 3 heterocycles. The molecule has 4 rings (SSSR count). The van der Waals surface area contributed by atoms with Crippen molar-refractivity contribution in [3.63, 3.8) is 0 Å². The van der Waals surface area contributed by atoms with Crippen LogP contribution in [0.2, 0.25) is 0 Å². The third-order valence-corrected chi connectivity index (χ3v) is 7.75. The number of piperidine rings is 1. The number of amides is 1. The summed E-state index contributed by atoms with van der Waals surface area (Å²) in [6.45, 7) is 6.83. The van der Waals surface area contributed by atoms with Crippen LogP contribution in [0.25, 0.3) is 0 Å². The first kappa shape index (κ1) is 27.9. The van der Waals surface area contributed by atoms with Gasteiger partial charge in [0.1, 0.15) is 11.9 Å². The standard InChI is InChI=1S/C26H36FN7O3S/c1-6-24(35)29-20-13-21(23(36-4)14-22(20)33-10-7-17(8-11-33)32(2)3)30-26-28-15-19(27)25(31-26)37-18-9-12-34(16-18)38-5/h6,13-15,17-18H,1,7-12,16H2,2-5H3,(H,29,35)(H,28,30,31)/t18-/m0/s1. The molecule has 1 aromatic heterocycles. The molecule has 2 aromatic rings. The van der Waals surface area contributed by atoms with Crippen molar-refractivity contribution in [2.45, 2.75) is 31.4 Å². The number of nitrogens with zero attached hydrogens (tertiary/aromatic N) is 5. The van der Waals surface area contributed by atoms with E-state index in [2.05, 4.69) is 55.4 Å². The van der Waals surface area contributed by atoms with Crippen LogP contribution in [0.3, 0.4) is 0 Å². The number of hydrogen-bond acceptors (Lipinski definition) is 10. The van der Waals surface area contributed by atoms with Crippen molar-refractivity contribution >= 4 is 40.9 Å². The topological polar surface area (TPSA) is 95.1 Å². The van der Waals surface area contributed by atoms with Crippen molar-refractivity contribution < 1.29 is 18.7 Å². The van der Waals surface area contributed by atoms with Crippen LogP contribution < -0.4 is 25.0 Å². The maximum Gasteiger partial charge on any atom is 0.255 e. The highest BCUT2D eigenvalue weighted by atomic mass is 32.2. The highest BCUT2D eigenvalue weighted by Crippen LogP contribution is 2.39. The summed E-state index contributed by atoms with van der Waals surface area (Å²) in [5.41, 5.74) is 1.97. The van der Waals surface area contributed by atoms with Crippen molar-refractivity contribution in [2.75, 3.05) is 69.2 Å². The highest BCUT2D eigenvalue weighted by Gasteiger charge is 2.26. The summed E-state index contributed by atoms with van der Waals surface area (Å²) in [5, 5.41) is 6.02. The average Bonchev–Trinajstić information content (AvgIpc) is 3.38. The number of methoxy groups -OCH3 is 1. The molecular weight excluding hydrogens is 509 g/mol. The molecule has 1 aromatic carbocycles. The van der Waals surface area contributed by atoms with E-state index in [1.54, 1.807) is 25.1 Å². The Morgan fingerprint density at radius 1 is 1.24 bits per heavy atom. The Labute approximate surface area is 227 Å². The van der Waals surface area contributed by atoms with E-state index in [-0.39, 0.29) is 23.8 Å². The van der Waals surface area contributed by atoms with Gasteiger partial charge >= 0.3 is 0 Å². The van der Waals surface area contributed by atoms with Gasteiger partial charge in [0, 0.05) is 38.3 Å². The number of ether oxygens (including phenoxy) is 2.